The third kappa shape index (κ3) is 4.53. The molecule has 3 aromatic rings. The quantitative estimate of drug-likeness (QED) is 0.444. The number of ether oxygens (including phenoxy) is 2. The van der Waals surface area contributed by atoms with Gasteiger partial charge in [0, 0.05) is 24.2 Å². The van der Waals surface area contributed by atoms with Crippen molar-refractivity contribution in [1.29, 1.82) is 0 Å². The van der Waals surface area contributed by atoms with Crippen molar-refractivity contribution in [3.05, 3.63) is 83.2 Å². The van der Waals surface area contributed by atoms with E-state index in [0.29, 0.717) is 30.3 Å². The summed E-state index contributed by atoms with van der Waals surface area (Å²) in [6.45, 7) is 2.75. The summed E-state index contributed by atoms with van der Waals surface area (Å²) in [5.41, 5.74) is 3.12. The maximum Gasteiger partial charge on any atom is 0.166 e. The van der Waals surface area contributed by atoms with Crippen LogP contribution in [0.4, 0.5) is 13.2 Å². The molecule has 0 radical (unpaired) electrons. The van der Waals surface area contributed by atoms with Crippen molar-refractivity contribution in [1.82, 2.24) is 0 Å². The fourth-order valence-corrected chi connectivity index (χ4v) is 4.10. The van der Waals surface area contributed by atoms with Gasteiger partial charge in [-0.15, -0.1) is 0 Å². The second kappa shape index (κ2) is 9.25. The van der Waals surface area contributed by atoms with E-state index in [0.717, 1.165) is 24.0 Å². The molecular formula is C26H25F3O2. The van der Waals surface area contributed by atoms with Crippen LogP contribution < -0.4 is 0 Å². The van der Waals surface area contributed by atoms with Gasteiger partial charge in [0.1, 0.15) is 5.82 Å². The maximum atomic E-state index is 14.8. The van der Waals surface area contributed by atoms with Crippen molar-refractivity contribution in [2.45, 2.75) is 25.9 Å². The summed E-state index contributed by atoms with van der Waals surface area (Å²) < 4.78 is 54.0. The van der Waals surface area contributed by atoms with E-state index in [4.69, 9.17) is 9.47 Å². The number of aryl methyl sites for hydroxylation is 1. The van der Waals surface area contributed by atoms with Crippen LogP contribution in [0.5, 0.6) is 0 Å². The van der Waals surface area contributed by atoms with E-state index in [1.807, 2.05) is 6.07 Å². The first-order chi connectivity index (χ1) is 15.0. The number of methoxy groups -OCH3 is 1. The SMILES string of the molecule is COCC1CCC(c2ccc(-c3ccc(-c4ccc(C)c(F)c4F)cc3)cc2F)OC1. The molecule has 0 aliphatic carbocycles. The Morgan fingerprint density at radius 2 is 1.58 bits per heavy atom. The third-order valence-corrected chi connectivity index (χ3v) is 5.92. The van der Waals surface area contributed by atoms with Crippen molar-refractivity contribution in [3.63, 3.8) is 0 Å². The molecule has 2 nitrogen and oxygen atoms in total. The number of halogens is 3. The van der Waals surface area contributed by atoms with Gasteiger partial charge in [-0.25, -0.2) is 13.2 Å². The van der Waals surface area contributed by atoms with Gasteiger partial charge in [-0.2, -0.15) is 0 Å². The van der Waals surface area contributed by atoms with Crippen molar-refractivity contribution >= 4 is 0 Å². The van der Waals surface area contributed by atoms with Crippen molar-refractivity contribution in [2.75, 3.05) is 20.3 Å². The summed E-state index contributed by atoms with van der Waals surface area (Å²) in [4.78, 5) is 0. The molecule has 162 valence electrons. The van der Waals surface area contributed by atoms with Crippen molar-refractivity contribution < 1.29 is 22.6 Å². The van der Waals surface area contributed by atoms with Crippen LogP contribution in [0.2, 0.25) is 0 Å². The average molecular weight is 426 g/mol. The zero-order valence-corrected chi connectivity index (χ0v) is 17.6. The summed E-state index contributed by atoms with van der Waals surface area (Å²) in [6, 6.07) is 15.3. The molecule has 1 aliphatic heterocycles. The minimum atomic E-state index is -0.858. The smallest absolute Gasteiger partial charge is 0.166 e. The zero-order chi connectivity index (χ0) is 22.0. The molecule has 0 spiro atoms. The Hall–Kier alpha value is -2.63. The van der Waals surface area contributed by atoms with Crippen LogP contribution in [0.3, 0.4) is 0 Å². The number of benzene rings is 3. The monoisotopic (exact) mass is 426 g/mol. The summed E-state index contributed by atoms with van der Waals surface area (Å²) >= 11 is 0. The second-order valence-electron chi connectivity index (χ2n) is 8.09. The lowest BCUT2D eigenvalue weighted by atomic mass is 9.93. The molecule has 1 heterocycles. The Morgan fingerprint density at radius 1 is 0.871 bits per heavy atom. The van der Waals surface area contributed by atoms with Crippen LogP contribution >= 0.6 is 0 Å². The zero-order valence-electron chi connectivity index (χ0n) is 17.6. The summed E-state index contributed by atoms with van der Waals surface area (Å²) in [5.74, 6) is -1.64. The van der Waals surface area contributed by atoms with E-state index >= 15 is 0 Å². The summed E-state index contributed by atoms with van der Waals surface area (Å²) in [7, 11) is 1.67. The lowest BCUT2D eigenvalue weighted by molar-refractivity contribution is -0.0385. The minimum absolute atomic E-state index is 0.206. The fraction of sp³-hybridized carbons (Fsp3) is 0.308. The van der Waals surface area contributed by atoms with Crippen molar-refractivity contribution in [3.8, 4) is 22.3 Å². The molecule has 3 aromatic carbocycles. The van der Waals surface area contributed by atoms with Gasteiger partial charge in [-0.05, 0) is 48.1 Å². The maximum absolute atomic E-state index is 14.8. The summed E-state index contributed by atoms with van der Waals surface area (Å²) in [5, 5.41) is 0. The first kappa shape index (κ1) is 21.6. The number of hydrogen-bond donors (Lipinski definition) is 0. The highest BCUT2D eigenvalue weighted by molar-refractivity contribution is 5.71. The van der Waals surface area contributed by atoms with Crippen LogP contribution in [0.25, 0.3) is 22.3 Å². The molecule has 5 heteroatoms. The van der Waals surface area contributed by atoms with Gasteiger partial charge in [0.25, 0.3) is 0 Å². The Balaban J connectivity index is 1.52. The van der Waals surface area contributed by atoms with Crippen LogP contribution in [0.15, 0.2) is 54.6 Å². The van der Waals surface area contributed by atoms with Gasteiger partial charge >= 0.3 is 0 Å². The first-order valence-electron chi connectivity index (χ1n) is 10.4. The Morgan fingerprint density at radius 3 is 2.23 bits per heavy atom. The van der Waals surface area contributed by atoms with Gasteiger partial charge in [0.05, 0.1) is 19.3 Å². The van der Waals surface area contributed by atoms with Gasteiger partial charge in [-0.1, -0.05) is 48.5 Å². The Kier molecular flexibility index (Phi) is 6.44. The van der Waals surface area contributed by atoms with Gasteiger partial charge in [0.15, 0.2) is 11.6 Å². The van der Waals surface area contributed by atoms with E-state index in [9.17, 15) is 13.2 Å². The molecule has 4 rings (SSSR count). The van der Waals surface area contributed by atoms with Gasteiger partial charge < -0.3 is 9.47 Å². The highest BCUT2D eigenvalue weighted by atomic mass is 19.2. The van der Waals surface area contributed by atoms with E-state index < -0.39 is 11.6 Å². The van der Waals surface area contributed by atoms with Gasteiger partial charge in [0.2, 0.25) is 0 Å². The molecule has 31 heavy (non-hydrogen) atoms. The molecule has 1 fully saturated rings. The lowest BCUT2D eigenvalue weighted by Crippen LogP contribution is -2.24. The van der Waals surface area contributed by atoms with E-state index in [2.05, 4.69) is 0 Å². The second-order valence-corrected chi connectivity index (χ2v) is 8.09. The van der Waals surface area contributed by atoms with Crippen LogP contribution in [0, 0.1) is 30.3 Å². The molecule has 1 saturated heterocycles. The molecule has 0 N–H and O–H groups in total. The predicted octanol–water partition coefficient (Wildman–Crippen LogP) is 6.86. The normalized spacial score (nSPS) is 18.9. The first-order valence-corrected chi connectivity index (χ1v) is 10.4. The minimum Gasteiger partial charge on any atom is -0.384 e. The predicted molar refractivity (Wildman–Crippen MR) is 115 cm³/mol. The van der Waals surface area contributed by atoms with Gasteiger partial charge in [-0.3, -0.25) is 0 Å². The third-order valence-electron chi connectivity index (χ3n) is 5.92. The molecular weight excluding hydrogens is 401 g/mol. The lowest BCUT2D eigenvalue weighted by Gasteiger charge is -2.29. The molecule has 1 aliphatic rings. The van der Waals surface area contributed by atoms with Crippen molar-refractivity contribution in [2.24, 2.45) is 5.92 Å². The Labute approximate surface area is 180 Å². The van der Waals surface area contributed by atoms with Crippen LogP contribution in [0.1, 0.15) is 30.1 Å². The highest BCUT2D eigenvalue weighted by Crippen LogP contribution is 2.34. The van der Waals surface area contributed by atoms with Crippen LogP contribution in [-0.2, 0) is 9.47 Å². The largest absolute Gasteiger partial charge is 0.384 e. The summed E-state index contributed by atoms with van der Waals surface area (Å²) in [6.07, 6.45) is 1.46. The Bertz CT molecular complexity index is 1050. The topological polar surface area (TPSA) is 18.5 Å². The molecule has 2 unspecified atom stereocenters. The number of rotatable bonds is 5. The standard InChI is InChI=1S/C26H25F3O2/c1-16-3-10-21(26(29)25(16)28)19-7-5-18(6-8-19)20-9-11-22(23(27)13-20)24-12-4-17(14-30-2)15-31-24/h3,5-11,13,17,24H,4,12,14-15H2,1-2H3. The molecule has 0 bridgehead atoms. The average Bonchev–Trinajstić information content (AvgIpc) is 2.79. The van der Waals surface area contributed by atoms with Crippen LogP contribution in [-0.4, -0.2) is 20.3 Å². The molecule has 2 atom stereocenters. The fourth-order valence-electron chi connectivity index (χ4n) is 4.10. The van der Waals surface area contributed by atoms with E-state index in [1.54, 1.807) is 49.6 Å². The van der Waals surface area contributed by atoms with E-state index in [1.165, 1.54) is 13.0 Å². The highest BCUT2D eigenvalue weighted by Gasteiger charge is 2.25. The number of hydrogen-bond acceptors (Lipinski definition) is 2. The molecule has 0 saturated carbocycles. The molecule has 0 aromatic heterocycles. The molecule has 0 amide bonds. The van der Waals surface area contributed by atoms with E-state index in [-0.39, 0.29) is 23.0 Å².